The van der Waals surface area contributed by atoms with Crippen molar-refractivity contribution in [1.29, 1.82) is 0 Å². The smallest absolute Gasteiger partial charge is 0.293 e. The van der Waals surface area contributed by atoms with Gasteiger partial charge in [-0.15, -0.1) is 0 Å². The molecule has 0 unspecified atom stereocenters. The highest BCUT2D eigenvalue weighted by Gasteiger charge is 2.34. The Morgan fingerprint density at radius 3 is 2.90 bits per heavy atom. The van der Waals surface area contributed by atoms with Crippen LogP contribution in [0.1, 0.15) is 25.8 Å². The normalized spacial score (nSPS) is 20.6. The molecule has 1 N–H and O–H groups in total. The average Bonchev–Trinajstić information content (AvgIpc) is 2.60. The Morgan fingerprint density at radius 2 is 2.14 bits per heavy atom. The molecule has 0 saturated carbocycles. The molecule has 0 spiro atoms. The Labute approximate surface area is 124 Å². The summed E-state index contributed by atoms with van der Waals surface area (Å²) in [5.41, 5.74) is 1.52. The first kappa shape index (κ1) is 14.1. The van der Waals surface area contributed by atoms with Crippen molar-refractivity contribution < 1.29 is 9.66 Å². The average molecular weight is 291 g/mol. The molecule has 6 heteroatoms. The molecule has 0 bridgehead atoms. The lowest BCUT2D eigenvalue weighted by molar-refractivity contribution is -0.384. The summed E-state index contributed by atoms with van der Waals surface area (Å²) in [6.07, 6.45) is 1.70. The maximum absolute atomic E-state index is 11.4. The predicted molar refractivity (Wildman–Crippen MR) is 81.2 cm³/mol. The second-order valence-electron chi connectivity index (χ2n) is 6.33. The Kier molecular flexibility index (Phi) is 3.49. The SMILES string of the molecule is CC1(C)Cc2cc([N+](=O)[O-])c(N3CCCNCC3)cc2O1. The van der Waals surface area contributed by atoms with Crippen molar-refractivity contribution in [2.24, 2.45) is 0 Å². The lowest BCUT2D eigenvalue weighted by Crippen LogP contribution is -2.28. The number of fused-ring (bicyclic) bond motifs is 1. The molecule has 2 heterocycles. The molecule has 21 heavy (non-hydrogen) atoms. The number of nitro benzene ring substituents is 1. The first-order valence-corrected chi connectivity index (χ1v) is 7.42. The summed E-state index contributed by atoms with van der Waals surface area (Å²) in [5.74, 6) is 0.790. The minimum Gasteiger partial charge on any atom is -0.487 e. The molecule has 3 rings (SSSR count). The van der Waals surface area contributed by atoms with E-state index in [1.54, 1.807) is 6.07 Å². The maximum atomic E-state index is 11.4. The summed E-state index contributed by atoms with van der Waals surface area (Å²) >= 11 is 0. The highest BCUT2D eigenvalue weighted by atomic mass is 16.6. The Bertz CT molecular complexity index is 564. The third-order valence-electron chi connectivity index (χ3n) is 4.04. The van der Waals surface area contributed by atoms with Gasteiger partial charge in [0.25, 0.3) is 5.69 Å². The quantitative estimate of drug-likeness (QED) is 0.667. The molecule has 1 aromatic carbocycles. The molecule has 0 aliphatic carbocycles. The summed E-state index contributed by atoms with van der Waals surface area (Å²) in [5, 5.41) is 14.8. The van der Waals surface area contributed by atoms with E-state index in [0.29, 0.717) is 12.1 Å². The fourth-order valence-electron chi connectivity index (χ4n) is 3.11. The minimum atomic E-state index is -0.283. The van der Waals surface area contributed by atoms with Crippen LogP contribution >= 0.6 is 0 Å². The Balaban J connectivity index is 2.01. The van der Waals surface area contributed by atoms with E-state index < -0.39 is 0 Å². The van der Waals surface area contributed by atoms with Crippen molar-refractivity contribution in [3.8, 4) is 5.75 Å². The lowest BCUT2D eigenvalue weighted by atomic mass is 10.0. The van der Waals surface area contributed by atoms with Crippen molar-refractivity contribution in [2.45, 2.75) is 32.3 Å². The zero-order valence-corrected chi connectivity index (χ0v) is 12.5. The molecule has 0 aromatic heterocycles. The van der Waals surface area contributed by atoms with Gasteiger partial charge in [0, 0.05) is 43.8 Å². The third-order valence-corrected chi connectivity index (χ3v) is 4.04. The van der Waals surface area contributed by atoms with Crippen molar-refractivity contribution >= 4 is 11.4 Å². The van der Waals surface area contributed by atoms with Crippen LogP contribution in [0, 0.1) is 10.1 Å². The fourth-order valence-corrected chi connectivity index (χ4v) is 3.11. The molecule has 0 radical (unpaired) electrons. The molecule has 2 aliphatic heterocycles. The molecule has 0 atom stereocenters. The van der Waals surface area contributed by atoms with Gasteiger partial charge < -0.3 is 15.0 Å². The van der Waals surface area contributed by atoms with Crippen LogP contribution in [0.25, 0.3) is 0 Å². The zero-order chi connectivity index (χ0) is 15.0. The molecule has 1 saturated heterocycles. The van der Waals surface area contributed by atoms with Crippen LogP contribution in [0.5, 0.6) is 5.75 Å². The van der Waals surface area contributed by atoms with Gasteiger partial charge in [0.05, 0.1) is 4.92 Å². The van der Waals surface area contributed by atoms with E-state index in [0.717, 1.165) is 43.9 Å². The van der Waals surface area contributed by atoms with Crippen LogP contribution in [0.15, 0.2) is 12.1 Å². The first-order valence-electron chi connectivity index (χ1n) is 7.42. The monoisotopic (exact) mass is 291 g/mol. The van der Waals surface area contributed by atoms with Crippen LogP contribution in [-0.2, 0) is 6.42 Å². The van der Waals surface area contributed by atoms with Crippen molar-refractivity contribution in [1.82, 2.24) is 5.32 Å². The van der Waals surface area contributed by atoms with E-state index in [2.05, 4.69) is 10.2 Å². The molecule has 1 fully saturated rings. The number of nitro groups is 1. The van der Waals surface area contributed by atoms with Gasteiger partial charge in [-0.1, -0.05) is 0 Å². The molecular weight excluding hydrogens is 270 g/mol. The lowest BCUT2D eigenvalue weighted by Gasteiger charge is -2.23. The van der Waals surface area contributed by atoms with Crippen LogP contribution in [-0.4, -0.2) is 36.7 Å². The summed E-state index contributed by atoms with van der Waals surface area (Å²) in [4.78, 5) is 13.2. The maximum Gasteiger partial charge on any atom is 0.293 e. The summed E-state index contributed by atoms with van der Waals surface area (Å²) in [6.45, 7) is 7.43. The Morgan fingerprint density at radius 1 is 1.33 bits per heavy atom. The number of anilines is 1. The topological polar surface area (TPSA) is 67.6 Å². The Hall–Kier alpha value is -1.82. The fraction of sp³-hybridized carbons (Fsp3) is 0.600. The highest BCUT2D eigenvalue weighted by Crippen LogP contribution is 2.42. The number of benzene rings is 1. The molecule has 114 valence electrons. The molecule has 1 aromatic rings. The molecule has 2 aliphatic rings. The van der Waals surface area contributed by atoms with Crippen molar-refractivity contribution in [3.05, 3.63) is 27.8 Å². The van der Waals surface area contributed by atoms with E-state index in [4.69, 9.17) is 4.74 Å². The number of hydrogen-bond donors (Lipinski definition) is 1. The molecule has 6 nitrogen and oxygen atoms in total. The van der Waals surface area contributed by atoms with Crippen LogP contribution < -0.4 is 15.0 Å². The van der Waals surface area contributed by atoms with Gasteiger partial charge in [-0.05, 0) is 26.8 Å². The second-order valence-corrected chi connectivity index (χ2v) is 6.33. The summed E-state index contributed by atoms with van der Waals surface area (Å²) in [7, 11) is 0. The second kappa shape index (κ2) is 5.18. The standard InChI is InChI=1S/C15H21N3O3/c1-15(2)10-11-8-13(18(19)20)12(9-14(11)21-15)17-6-3-4-16-5-7-17/h8-9,16H,3-7,10H2,1-2H3. The van der Waals surface area contributed by atoms with E-state index >= 15 is 0 Å². The van der Waals surface area contributed by atoms with Gasteiger partial charge in [-0.2, -0.15) is 0 Å². The van der Waals surface area contributed by atoms with E-state index in [1.165, 1.54) is 0 Å². The number of nitrogens with one attached hydrogen (secondary N) is 1. The van der Waals surface area contributed by atoms with Gasteiger partial charge in [0.2, 0.25) is 0 Å². The van der Waals surface area contributed by atoms with Crippen LogP contribution in [0.3, 0.4) is 0 Å². The van der Waals surface area contributed by atoms with Gasteiger partial charge in [-0.25, -0.2) is 0 Å². The number of ether oxygens (including phenoxy) is 1. The van der Waals surface area contributed by atoms with E-state index in [9.17, 15) is 10.1 Å². The highest BCUT2D eigenvalue weighted by molar-refractivity contribution is 5.69. The van der Waals surface area contributed by atoms with Crippen LogP contribution in [0.4, 0.5) is 11.4 Å². The van der Waals surface area contributed by atoms with E-state index in [-0.39, 0.29) is 16.2 Å². The predicted octanol–water partition coefficient (Wildman–Crippen LogP) is 2.11. The van der Waals surface area contributed by atoms with Gasteiger partial charge >= 0.3 is 0 Å². The number of nitrogens with zero attached hydrogens (tertiary/aromatic N) is 2. The van der Waals surface area contributed by atoms with Crippen LogP contribution in [0.2, 0.25) is 0 Å². The minimum absolute atomic E-state index is 0.192. The number of hydrogen-bond acceptors (Lipinski definition) is 5. The number of rotatable bonds is 2. The summed E-state index contributed by atoms with van der Waals surface area (Å²) < 4.78 is 5.93. The third kappa shape index (κ3) is 2.81. The van der Waals surface area contributed by atoms with Gasteiger partial charge in [-0.3, -0.25) is 10.1 Å². The molecular formula is C15H21N3O3. The van der Waals surface area contributed by atoms with Gasteiger partial charge in [0.1, 0.15) is 17.0 Å². The summed E-state index contributed by atoms with van der Waals surface area (Å²) in [6, 6.07) is 3.55. The first-order chi connectivity index (χ1) is 9.96. The molecule has 0 amide bonds. The van der Waals surface area contributed by atoms with Crippen molar-refractivity contribution in [3.63, 3.8) is 0 Å². The largest absolute Gasteiger partial charge is 0.487 e. The van der Waals surface area contributed by atoms with Crippen molar-refractivity contribution in [2.75, 3.05) is 31.1 Å². The van der Waals surface area contributed by atoms with Gasteiger partial charge in [0.15, 0.2) is 0 Å². The van der Waals surface area contributed by atoms with E-state index in [1.807, 2.05) is 19.9 Å². The zero-order valence-electron chi connectivity index (χ0n) is 12.5.